The molecular weight excluding hydrogens is 250 g/mol. The number of hydrogen-bond donors (Lipinski definition) is 1. The first-order valence-corrected chi connectivity index (χ1v) is 7.61. The van der Waals surface area contributed by atoms with Gasteiger partial charge in [-0.15, -0.1) is 0 Å². The molecule has 4 heteroatoms. The molecule has 1 fully saturated rings. The van der Waals surface area contributed by atoms with Crippen molar-refractivity contribution in [1.82, 2.24) is 14.8 Å². The molecule has 1 aromatic rings. The standard InChI is InChI=1S/C16H27N3O/c1-11(2)19-12(3)9-15(13(19)4)16(20)18-8-6-7-14(18)10-17-5/h9,11,14,17H,6-8,10H2,1-5H3. The fraction of sp³-hybridized carbons (Fsp3) is 0.688. The maximum absolute atomic E-state index is 12.8. The molecule has 1 N–H and O–H groups in total. The zero-order valence-electron chi connectivity index (χ0n) is 13.4. The molecule has 0 saturated carbocycles. The van der Waals surface area contributed by atoms with E-state index >= 15 is 0 Å². The molecule has 0 radical (unpaired) electrons. The van der Waals surface area contributed by atoms with E-state index in [9.17, 15) is 4.79 Å². The van der Waals surface area contributed by atoms with E-state index in [2.05, 4.69) is 37.6 Å². The van der Waals surface area contributed by atoms with Gasteiger partial charge in [-0.2, -0.15) is 0 Å². The third-order valence-electron chi connectivity index (χ3n) is 4.31. The summed E-state index contributed by atoms with van der Waals surface area (Å²) in [4.78, 5) is 14.9. The van der Waals surface area contributed by atoms with Crippen LogP contribution in [0.1, 0.15) is 54.5 Å². The summed E-state index contributed by atoms with van der Waals surface area (Å²) >= 11 is 0. The molecular formula is C16H27N3O. The van der Waals surface area contributed by atoms with Gasteiger partial charge in [-0.25, -0.2) is 0 Å². The van der Waals surface area contributed by atoms with Crippen LogP contribution in [0.5, 0.6) is 0 Å². The number of amides is 1. The number of nitrogens with one attached hydrogen (secondary N) is 1. The molecule has 1 saturated heterocycles. The van der Waals surface area contributed by atoms with Crippen LogP contribution in [-0.2, 0) is 0 Å². The number of likely N-dealkylation sites (tertiary alicyclic amines) is 1. The van der Waals surface area contributed by atoms with Gasteiger partial charge in [0.25, 0.3) is 5.91 Å². The number of hydrogen-bond acceptors (Lipinski definition) is 2. The van der Waals surface area contributed by atoms with Gasteiger partial charge in [-0.3, -0.25) is 4.79 Å². The highest BCUT2D eigenvalue weighted by atomic mass is 16.2. The van der Waals surface area contributed by atoms with Crippen molar-refractivity contribution < 1.29 is 4.79 Å². The smallest absolute Gasteiger partial charge is 0.255 e. The Morgan fingerprint density at radius 3 is 2.70 bits per heavy atom. The maximum atomic E-state index is 12.8. The van der Waals surface area contributed by atoms with E-state index in [1.165, 1.54) is 5.69 Å². The Balaban J connectivity index is 2.27. The monoisotopic (exact) mass is 277 g/mol. The van der Waals surface area contributed by atoms with Crippen LogP contribution in [0.3, 0.4) is 0 Å². The van der Waals surface area contributed by atoms with Crippen LogP contribution >= 0.6 is 0 Å². The van der Waals surface area contributed by atoms with Crippen molar-refractivity contribution in [2.45, 2.75) is 52.6 Å². The Hall–Kier alpha value is -1.29. The minimum Gasteiger partial charge on any atom is -0.346 e. The molecule has 1 aromatic heterocycles. The lowest BCUT2D eigenvalue weighted by Crippen LogP contribution is -2.41. The molecule has 1 atom stereocenters. The molecule has 0 aliphatic carbocycles. The first kappa shape index (κ1) is 15.1. The molecule has 2 heterocycles. The predicted octanol–water partition coefficient (Wildman–Crippen LogP) is 2.51. The van der Waals surface area contributed by atoms with E-state index in [1.807, 2.05) is 18.0 Å². The molecule has 20 heavy (non-hydrogen) atoms. The van der Waals surface area contributed by atoms with Crippen LogP contribution < -0.4 is 5.32 Å². The SMILES string of the molecule is CNCC1CCCN1C(=O)c1cc(C)n(C(C)C)c1C. The zero-order chi connectivity index (χ0) is 14.9. The molecule has 1 aliphatic rings. The second kappa shape index (κ2) is 6.00. The number of nitrogens with zero attached hydrogens (tertiary/aromatic N) is 2. The highest BCUT2D eigenvalue weighted by molar-refractivity contribution is 5.96. The molecule has 2 rings (SSSR count). The Morgan fingerprint density at radius 1 is 1.45 bits per heavy atom. The number of rotatable bonds is 4. The van der Waals surface area contributed by atoms with Crippen molar-refractivity contribution in [3.8, 4) is 0 Å². The third-order valence-corrected chi connectivity index (χ3v) is 4.31. The second-order valence-corrected chi connectivity index (χ2v) is 6.10. The second-order valence-electron chi connectivity index (χ2n) is 6.10. The average Bonchev–Trinajstić information content (AvgIpc) is 2.94. The maximum Gasteiger partial charge on any atom is 0.255 e. The summed E-state index contributed by atoms with van der Waals surface area (Å²) in [5, 5.41) is 3.20. The normalized spacial score (nSPS) is 19.1. The molecule has 0 bridgehead atoms. The number of carbonyl (C=O) groups excluding carboxylic acids is 1. The van der Waals surface area contributed by atoms with Gasteiger partial charge in [0, 0.05) is 36.6 Å². The Kier molecular flexibility index (Phi) is 4.53. The van der Waals surface area contributed by atoms with Crippen molar-refractivity contribution in [1.29, 1.82) is 0 Å². The highest BCUT2D eigenvalue weighted by Crippen LogP contribution is 2.25. The Morgan fingerprint density at radius 2 is 2.15 bits per heavy atom. The summed E-state index contributed by atoms with van der Waals surface area (Å²) in [5.41, 5.74) is 3.14. The van der Waals surface area contributed by atoms with Gasteiger partial charge in [0.2, 0.25) is 0 Å². The van der Waals surface area contributed by atoms with Gasteiger partial charge < -0.3 is 14.8 Å². The van der Waals surface area contributed by atoms with E-state index in [-0.39, 0.29) is 5.91 Å². The first-order valence-electron chi connectivity index (χ1n) is 7.61. The van der Waals surface area contributed by atoms with E-state index in [4.69, 9.17) is 0 Å². The predicted molar refractivity (Wildman–Crippen MR) is 82.3 cm³/mol. The van der Waals surface area contributed by atoms with Crippen LogP contribution in [0.2, 0.25) is 0 Å². The van der Waals surface area contributed by atoms with Gasteiger partial charge in [0.05, 0.1) is 5.56 Å². The minimum atomic E-state index is 0.197. The van der Waals surface area contributed by atoms with Crippen LogP contribution in [0.4, 0.5) is 0 Å². The van der Waals surface area contributed by atoms with E-state index < -0.39 is 0 Å². The summed E-state index contributed by atoms with van der Waals surface area (Å²) in [6.45, 7) is 10.2. The lowest BCUT2D eigenvalue weighted by Gasteiger charge is -2.24. The third kappa shape index (κ3) is 2.62. The van der Waals surface area contributed by atoms with E-state index in [0.29, 0.717) is 12.1 Å². The summed E-state index contributed by atoms with van der Waals surface area (Å²) in [7, 11) is 1.95. The molecule has 1 unspecified atom stereocenters. The topological polar surface area (TPSA) is 37.3 Å². The van der Waals surface area contributed by atoms with Crippen molar-refractivity contribution >= 4 is 5.91 Å². The molecule has 0 spiro atoms. The van der Waals surface area contributed by atoms with Crippen LogP contribution in [0.15, 0.2) is 6.07 Å². The lowest BCUT2D eigenvalue weighted by atomic mass is 10.1. The average molecular weight is 277 g/mol. The largest absolute Gasteiger partial charge is 0.346 e. The minimum absolute atomic E-state index is 0.197. The van der Waals surface area contributed by atoms with Gasteiger partial charge in [0.15, 0.2) is 0 Å². The van der Waals surface area contributed by atoms with Crippen molar-refractivity contribution in [2.24, 2.45) is 0 Å². The lowest BCUT2D eigenvalue weighted by molar-refractivity contribution is 0.0736. The van der Waals surface area contributed by atoms with Gasteiger partial charge in [-0.05, 0) is 53.7 Å². The summed E-state index contributed by atoms with van der Waals surface area (Å²) in [5.74, 6) is 0.197. The Bertz CT molecular complexity index is 490. The molecule has 1 aliphatic heterocycles. The van der Waals surface area contributed by atoms with Gasteiger partial charge in [0.1, 0.15) is 0 Å². The fourth-order valence-electron chi connectivity index (χ4n) is 3.49. The van der Waals surface area contributed by atoms with Crippen molar-refractivity contribution in [3.05, 3.63) is 23.0 Å². The number of carbonyl (C=O) groups is 1. The van der Waals surface area contributed by atoms with Crippen LogP contribution in [0, 0.1) is 13.8 Å². The first-order chi connectivity index (χ1) is 9.47. The molecule has 4 nitrogen and oxygen atoms in total. The summed E-state index contributed by atoms with van der Waals surface area (Å²) < 4.78 is 2.25. The Labute approximate surface area is 122 Å². The van der Waals surface area contributed by atoms with Crippen molar-refractivity contribution in [3.63, 3.8) is 0 Å². The summed E-state index contributed by atoms with van der Waals surface area (Å²) in [6.07, 6.45) is 2.22. The number of likely N-dealkylation sites (N-methyl/N-ethyl adjacent to an activating group) is 1. The quantitative estimate of drug-likeness (QED) is 0.918. The molecule has 112 valence electrons. The number of aromatic nitrogens is 1. The zero-order valence-corrected chi connectivity index (χ0v) is 13.4. The highest BCUT2D eigenvalue weighted by Gasteiger charge is 2.30. The van der Waals surface area contributed by atoms with Crippen molar-refractivity contribution in [2.75, 3.05) is 20.1 Å². The summed E-state index contributed by atoms with van der Waals surface area (Å²) in [6, 6.07) is 2.78. The molecule has 1 amide bonds. The van der Waals surface area contributed by atoms with Crippen LogP contribution in [0.25, 0.3) is 0 Å². The molecule has 0 aromatic carbocycles. The van der Waals surface area contributed by atoms with Crippen LogP contribution in [-0.4, -0.2) is 41.6 Å². The van der Waals surface area contributed by atoms with E-state index in [0.717, 1.165) is 37.2 Å². The van der Waals surface area contributed by atoms with Gasteiger partial charge in [-0.1, -0.05) is 0 Å². The van der Waals surface area contributed by atoms with Gasteiger partial charge >= 0.3 is 0 Å². The number of aryl methyl sites for hydroxylation is 1. The fourth-order valence-corrected chi connectivity index (χ4v) is 3.49. The van der Waals surface area contributed by atoms with E-state index in [1.54, 1.807) is 0 Å².